The van der Waals surface area contributed by atoms with E-state index < -0.39 is 0 Å². The normalized spacial score (nSPS) is 30.8. The van der Waals surface area contributed by atoms with Gasteiger partial charge in [-0.1, -0.05) is 27.2 Å². The summed E-state index contributed by atoms with van der Waals surface area (Å²) in [7, 11) is 0. The molecule has 0 heterocycles. The van der Waals surface area contributed by atoms with Gasteiger partial charge in [-0.2, -0.15) is 0 Å². The van der Waals surface area contributed by atoms with Crippen molar-refractivity contribution in [3.63, 3.8) is 0 Å². The predicted molar refractivity (Wildman–Crippen MR) is 52.5 cm³/mol. The summed E-state index contributed by atoms with van der Waals surface area (Å²) < 4.78 is 0. The molecule has 1 aliphatic rings. The van der Waals surface area contributed by atoms with Gasteiger partial charge in [-0.25, -0.2) is 0 Å². The molecule has 1 N–H and O–H groups in total. The van der Waals surface area contributed by atoms with Gasteiger partial charge in [0.25, 0.3) is 0 Å². The van der Waals surface area contributed by atoms with E-state index in [0.29, 0.717) is 11.5 Å². The van der Waals surface area contributed by atoms with Crippen LogP contribution in [0, 0.1) is 11.3 Å². The Bertz CT molecular complexity index is 238. The summed E-state index contributed by atoms with van der Waals surface area (Å²) in [6.45, 7) is 6.08. The van der Waals surface area contributed by atoms with Gasteiger partial charge < -0.3 is 5.11 Å². The molecule has 2 heteroatoms. The summed E-state index contributed by atoms with van der Waals surface area (Å²) in [5, 5.41) is 8.87. The molecular formula is C11H18O2. The van der Waals surface area contributed by atoms with E-state index in [-0.39, 0.29) is 11.2 Å². The van der Waals surface area contributed by atoms with Gasteiger partial charge in [-0.3, -0.25) is 4.79 Å². The van der Waals surface area contributed by atoms with Crippen LogP contribution in [0.4, 0.5) is 0 Å². The van der Waals surface area contributed by atoms with Crippen LogP contribution in [0.15, 0.2) is 11.8 Å². The lowest BCUT2D eigenvalue weighted by Crippen LogP contribution is -2.37. The minimum absolute atomic E-state index is 0.119. The molecule has 0 aromatic carbocycles. The molecule has 0 spiro atoms. The Hall–Kier alpha value is -0.790. The molecule has 0 saturated heterocycles. The van der Waals surface area contributed by atoms with Crippen LogP contribution in [-0.4, -0.2) is 10.9 Å². The number of carbonyl (C=O) groups excluding carboxylic acids is 1. The number of ketones is 1. The molecule has 2 nitrogen and oxygen atoms in total. The Balaban J connectivity index is 2.92. The Morgan fingerprint density at radius 3 is 2.69 bits per heavy atom. The molecule has 1 rings (SSSR count). The highest BCUT2D eigenvalue weighted by molar-refractivity contribution is 6.00. The van der Waals surface area contributed by atoms with Gasteiger partial charge in [0, 0.05) is 11.0 Å². The van der Waals surface area contributed by atoms with E-state index in [1.165, 1.54) is 0 Å². The molecule has 1 aliphatic carbocycles. The Labute approximate surface area is 79.6 Å². The maximum atomic E-state index is 11.8. The third-order valence-corrected chi connectivity index (χ3v) is 3.31. The largest absolute Gasteiger partial charge is 0.515 e. The van der Waals surface area contributed by atoms with Crippen molar-refractivity contribution in [3.05, 3.63) is 11.8 Å². The van der Waals surface area contributed by atoms with E-state index in [4.69, 9.17) is 5.11 Å². The first kappa shape index (κ1) is 10.3. The number of Topliss-reactive ketones (excluding diaryl/α,β-unsaturated/α-hetero) is 1. The molecule has 0 aliphatic heterocycles. The number of hydrogen-bond donors (Lipinski definition) is 1. The zero-order chi connectivity index (χ0) is 10.1. The smallest absolute Gasteiger partial charge is 0.167 e. The monoisotopic (exact) mass is 182 g/mol. The van der Waals surface area contributed by atoms with Crippen molar-refractivity contribution < 1.29 is 9.90 Å². The van der Waals surface area contributed by atoms with E-state index in [2.05, 4.69) is 6.92 Å². The summed E-state index contributed by atoms with van der Waals surface area (Å²) in [4.78, 5) is 11.8. The molecule has 0 aromatic rings. The highest BCUT2D eigenvalue weighted by atomic mass is 16.2. The lowest BCUT2D eigenvalue weighted by Gasteiger charge is -2.37. The number of aliphatic hydroxyl groups is 1. The van der Waals surface area contributed by atoms with Gasteiger partial charge in [-0.05, 0) is 18.8 Å². The first-order valence-corrected chi connectivity index (χ1v) is 4.92. The molecule has 0 unspecified atom stereocenters. The maximum Gasteiger partial charge on any atom is 0.167 e. The fraction of sp³-hybridized carbons (Fsp3) is 0.727. The standard InChI is InChI=1S/C11H18O2/c1-4-9-6-5-8(7-12)10(13)11(9,2)3/h7,9,12H,4-6H2,1-3H3/t9-/m0/s1. The van der Waals surface area contributed by atoms with Crippen LogP contribution in [-0.2, 0) is 4.79 Å². The minimum atomic E-state index is -0.290. The first-order valence-electron chi connectivity index (χ1n) is 4.92. The fourth-order valence-electron chi connectivity index (χ4n) is 2.24. The fourth-order valence-corrected chi connectivity index (χ4v) is 2.24. The van der Waals surface area contributed by atoms with Gasteiger partial charge >= 0.3 is 0 Å². The highest BCUT2D eigenvalue weighted by Gasteiger charge is 2.40. The summed E-state index contributed by atoms with van der Waals surface area (Å²) in [6, 6.07) is 0. The van der Waals surface area contributed by atoms with Crippen molar-refractivity contribution in [2.24, 2.45) is 11.3 Å². The second-order valence-electron chi connectivity index (χ2n) is 4.35. The topological polar surface area (TPSA) is 37.3 Å². The van der Waals surface area contributed by atoms with E-state index in [0.717, 1.165) is 25.5 Å². The minimum Gasteiger partial charge on any atom is -0.515 e. The van der Waals surface area contributed by atoms with Gasteiger partial charge in [-0.15, -0.1) is 0 Å². The maximum absolute atomic E-state index is 11.8. The van der Waals surface area contributed by atoms with E-state index in [1.807, 2.05) is 13.8 Å². The second kappa shape index (κ2) is 3.52. The van der Waals surface area contributed by atoms with Crippen LogP contribution >= 0.6 is 0 Å². The second-order valence-corrected chi connectivity index (χ2v) is 4.35. The van der Waals surface area contributed by atoms with Crippen molar-refractivity contribution in [2.45, 2.75) is 40.0 Å². The SMILES string of the molecule is CC[C@H]1CCC(=CO)C(=O)C1(C)C. The highest BCUT2D eigenvalue weighted by Crippen LogP contribution is 2.41. The summed E-state index contributed by atoms with van der Waals surface area (Å²) in [6.07, 6.45) is 3.77. The van der Waals surface area contributed by atoms with E-state index >= 15 is 0 Å². The van der Waals surface area contributed by atoms with Crippen LogP contribution in [0.2, 0.25) is 0 Å². The number of carbonyl (C=O) groups is 1. The Morgan fingerprint density at radius 2 is 2.23 bits per heavy atom. The van der Waals surface area contributed by atoms with Crippen LogP contribution in [0.3, 0.4) is 0 Å². The summed E-state index contributed by atoms with van der Waals surface area (Å²) in [5.74, 6) is 0.580. The van der Waals surface area contributed by atoms with Gasteiger partial charge in [0.15, 0.2) is 5.78 Å². The van der Waals surface area contributed by atoms with Gasteiger partial charge in [0.2, 0.25) is 0 Å². The number of aliphatic hydroxyl groups excluding tert-OH is 1. The van der Waals surface area contributed by atoms with Crippen LogP contribution in [0.1, 0.15) is 40.0 Å². The molecular weight excluding hydrogens is 164 g/mol. The van der Waals surface area contributed by atoms with Crippen molar-refractivity contribution in [3.8, 4) is 0 Å². The van der Waals surface area contributed by atoms with Crippen molar-refractivity contribution in [1.29, 1.82) is 0 Å². The molecule has 1 fully saturated rings. The third kappa shape index (κ3) is 1.62. The first-order chi connectivity index (χ1) is 6.04. The molecule has 74 valence electrons. The molecule has 13 heavy (non-hydrogen) atoms. The average Bonchev–Trinajstić information content (AvgIpc) is 2.09. The van der Waals surface area contributed by atoms with Crippen LogP contribution in [0.25, 0.3) is 0 Å². The van der Waals surface area contributed by atoms with E-state index in [9.17, 15) is 4.79 Å². The molecule has 0 radical (unpaired) electrons. The quantitative estimate of drug-likeness (QED) is 0.500. The van der Waals surface area contributed by atoms with Crippen LogP contribution in [0.5, 0.6) is 0 Å². The lowest BCUT2D eigenvalue weighted by molar-refractivity contribution is -0.128. The predicted octanol–water partition coefficient (Wildman–Crippen LogP) is 2.84. The average molecular weight is 182 g/mol. The zero-order valence-corrected chi connectivity index (χ0v) is 8.63. The van der Waals surface area contributed by atoms with Crippen molar-refractivity contribution in [1.82, 2.24) is 0 Å². The number of rotatable bonds is 1. The molecule has 0 bridgehead atoms. The third-order valence-electron chi connectivity index (χ3n) is 3.31. The molecule has 1 atom stereocenters. The molecule has 1 saturated carbocycles. The van der Waals surface area contributed by atoms with Crippen molar-refractivity contribution >= 4 is 5.78 Å². The Morgan fingerprint density at radius 1 is 1.62 bits per heavy atom. The number of allylic oxidation sites excluding steroid dienone is 1. The van der Waals surface area contributed by atoms with Gasteiger partial charge in [0.05, 0.1) is 6.26 Å². The summed E-state index contributed by atoms with van der Waals surface area (Å²) >= 11 is 0. The van der Waals surface area contributed by atoms with E-state index in [1.54, 1.807) is 0 Å². The lowest BCUT2D eigenvalue weighted by atomic mass is 9.65. The van der Waals surface area contributed by atoms with Crippen molar-refractivity contribution in [2.75, 3.05) is 0 Å². The summed E-state index contributed by atoms with van der Waals surface area (Å²) in [5.41, 5.74) is 0.302. The molecule has 0 aromatic heterocycles. The van der Waals surface area contributed by atoms with Crippen LogP contribution < -0.4 is 0 Å². The molecule has 0 amide bonds. The van der Waals surface area contributed by atoms with Gasteiger partial charge in [0.1, 0.15) is 0 Å². The number of hydrogen-bond acceptors (Lipinski definition) is 2. The Kier molecular flexibility index (Phi) is 2.79. The zero-order valence-electron chi connectivity index (χ0n) is 8.63.